The zero-order chi connectivity index (χ0) is 9.14. The van der Waals surface area contributed by atoms with Gasteiger partial charge in [0.15, 0.2) is 0 Å². The van der Waals surface area contributed by atoms with E-state index in [4.69, 9.17) is 9.47 Å². The van der Waals surface area contributed by atoms with Crippen LogP contribution in [0.1, 0.15) is 20.8 Å². The van der Waals surface area contributed by atoms with Gasteiger partial charge < -0.3 is 9.47 Å². The van der Waals surface area contributed by atoms with Crippen LogP contribution in [0, 0.1) is 5.92 Å². The Morgan fingerprint density at radius 2 is 2.08 bits per heavy atom. The normalized spacial score (nSPS) is 42.0. The molecule has 0 aromatic carbocycles. The van der Waals surface area contributed by atoms with Gasteiger partial charge in [0.25, 0.3) is 0 Å². The molecule has 0 unspecified atom stereocenters. The second kappa shape index (κ2) is 4.77. The second-order valence-electron chi connectivity index (χ2n) is 3.31. The van der Waals surface area contributed by atoms with E-state index in [1.165, 1.54) is 0 Å². The molecule has 2 nitrogen and oxygen atoms in total. The molecule has 0 spiro atoms. The quantitative estimate of drug-likeness (QED) is 0.584. The highest BCUT2D eigenvalue weighted by Gasteiger charge is 2.39. The van der Waals surface area contributed by atoms with Gasteiger partial charge in [-0.3, -0.25) is 0 Å². The molecule has 0 aromatic rings. The summed E-state index contributed by atoms with van der Waals surface area (Å²) in [4.78, 5) is 0. The van der Waals surface area contributed by atoms with Crippen LogP contribution >= 0.6 is 22.6 Å². The van der Waals surface area contributed by atoms with Crippen LogP contribution in [0.4, 0.5) is 0 Å². The molecule has 3 heteroatoms. The summed E-state index contributed by atoms with van der Waals surface area (Å²) in [5, 5.41) is 0. The summed E-state index contributed by atoms with van der Waals surface area (Å²) in [6.45, 7) is 7.17. The van der Waals surface area contributed by atoms with Gasteiger partial charge in [0.05, 0.1) is 18.3 Å². The van der Waals surface area contributed by atoms with Crippen LogP contribution in [0.15, 0.2) is 0 Å². The third-order valence-corrected chi connectivity index (χ3v) is 3.39. The molecule has 0 N–H and O–H groups in total. The minimum atomic E-state index is 0.301. The van der Waals surface area contributed by atoms with E-state index in [0.29, 0.717) is 24.2 Å². The molecule has 0 amide bonds. The van der Waals surface area contributed by atoms with Crippen molar-refractivity contribution in [3.05, 3.63) is 0 Å². The largest absolute Gasteiger partial charge is 0.375 e. The van der Waals surface area contributed by atoms with Gasteiger partial charge in [0.1, 0.15) is 0 Å². The van der Waals surface area contributed by atoms with Crippen LogP contribution in [-0.2, 0) is 9.47 Å². The third kappa shape index (κ3) is 2.12. The number of ether oxygens (including phenoxy) is 2. The Bertz CT molecular complexity index is 140. The lowest BCUT2D eigenvalue weighted by molar-refractivity contribution is -0.00521. The average Bonchev–Trinajstić information content (AvgIpc) is 2.33. The first-order valence-electron chi connectivity index (χ1n) is 4.53. The maximum Gasteiger partial charge on any atom is 0.0933 e. The van der Waals surface area contributed by atoms with Crippen molar-refractivity contribution < 1.29 is 9.47 Å². The van der Waals surface area contributed by atoms with Crippen LogP contribution in [-0.4, -0.2) is 29.3 Å². The van der Waals surface area contributed by atoms with E-state index in [2.05, 4.69) is 36.4 Å². The zero-order valence-corrected chi connectivity index (χ0v) is 10.1. The molecule has 1 heterocycles. The third-order valence-electron chi connectivity index (χ3n) is 2.53. The van der Waals surface area contributed by atoms with Gasteiger partial charge >= 0.3 is 0 Å². The molecule has 1 aliphatic heterocycles. The fraction of sp³-hybridized carbons (Fsp3) is 1.00. The summed E-state index contributed by atoms with van der Waals surface area (Å²) < 4.78 is 12.4. The lowest BCUT2D eigenvalue weighted by Crippen LogP contribution is -2.30. The van der Waals surface area contributed by atoms with Crippen molar-refractivity contribution in [1.82, 2.24) is 0 Å². The van der Waals surface area contributed by atoms with Crippen LogP contribution < -0.4 is 0 Å². The first kappa shape index (κ1) is 10.7. The van der Waals surface area contributed by atoms with Gasteiger partial charge in [-0.15, -0.1) is 0 Å². The Morgan fingerprint density at radius 3 is 2.58 bits per heavy atom. The standard InChI is InChI=1S/C9H17IO2/c1-4-11-9-6(2)7(3)12-8(9)5-10/h6-9H,4-5H2,1-3H3/t6-,7+,8-,9-/m1/s1. The minimum absolute atomic E-state index is 0.301. The second-order valence-corrected chi connectivity index (χ2v) is 4.19. The summed E-state index contributed by atoms with van der Waals surface area (Å²) in [7, 11) is 0. The van der Waals surface area contributed by atoms with E-state index in [1.54, 1.807) is 0 Å². The van der Waals surface area contributed by atoms with Crippen molar-refractivity contribution in [2.24, 2.45) is 5.92 Å². The van der Waals surface area contributed by atoms with Crippen LogP contribution in [0.5, 0.6) is 0 Å². The Hall–Kier alpha value is 0.650. The summed E-state index contributed by atoms with van der Waals surface area (Å²) in [6, 6.07) is 0. The van der Waals surface area contributed by atoms with E-state index in [9.17, 15) is 0 Å². The number of alkyl halides is 1. The Kier molecular flexibility index (Phi) is 4.26. The highest BCUT2D eigenvalue weighted by atomic mass is 127. The maximum atomic E-state index is 5.76. The lowest BCUT2D eigenvalue weighted by Gasteiger charge is -2.19. The van der Waals surface area contributed by atoms with Gasteiger partial charge in [-0.05, 0) is 13.8 Å². The highest BCUT2D eigenvalue weighted by Crippen LogP contribution is 2.29. The molecule has 0 radical (unpaired) electrons. The van der Waals surface area contributed by atoms with E-state index in [1.807, 2.05) is 6.92 Å². The number of hydrogen-bond acceptors (Lipinski definition) is 2. The van der Waals surface area contributed by atoms with Crippen molar-refractivity contribution >= 4 is 22.6 Å². The molecule has 4 atom stereocenters. The maximum absolute atomic E-state index is 5.76. The minimum Gasteiger partial charge on any atom is -0.375 e. The van der Waals surface area contributed by atoms with Gasteiger partial charge in [0, 0.05) is 17.0 Å². The molecule has 1 aliphatic rings. The number of rotatable bonds is 3. The molecule has 72 valence electrons. The van der Waals surface area contributed by atoms with E-state index in [-0.39, 0.29) is 0 Å². The summed E-state index contributed by atoms with van der Waals surface area (Å²) >= 11 is 2.36. The molecule has 1 fully saturated rings. The van der Waals surface area contributed by atoms with Crippen molar-refractivity contribution in [3.8, 4) is 0 Å². The first-order valence-corrected chi connectivity index (χ1v) is 6.06. The lowest BCUT2D eigenvalue weighted by atomic mass is 10.00. The monoisotopic (exact) mass is 284 g/mol. The summed E-state index contributed by atoms with van der Waals surface area (Å²) in [5.41, 5.74) is 0. The van der Waals surface area contributed by atoms with Gasteiger partial charge in [-0.1, -0.05) is 29.5 Å². The first-order chi connectivity index (χ1) is 5.70. The summed E-state index contributed by atoms with van der Waals surface area (Å²) in [5.74, 6) is 0.532. The smallest absolute Gasteiger partial charge is 0.0933 e. The Balaban J connectivity index is 2.53. The Morgan fingerprint density at radius 1 is 1.42 bits per heavy atom. The molecule has 0 aliphatic carbocycles. The SMILES string of the molecule is CCO[C@@H]1[C@H](C)[C@H](C)O[C@@H]1CI. The molecule has 0 aromatic heterocycles. The molecule has 12 heavy (non-hydrogen) atoms. The molecular weight excluding hydrogens is 267 g/mol. The van der Waals surface area contributed by atoms with E-state index < -0.39 is 0 Å². The van der Waals surface area contributed by atoms with Crippen molar-refractivity contribution in [2.45, 2.75) is 39.1 Å². The number of halogens is 1. The fourth-order valence-corrected chi connectivity index (χ4v) is 2.37. The van der Waals surface area contributed by atoms with Gasteiger partial charge in [-0.25, -0.2) is 0 Å². The topological polar surface area (TPSA) is 18.5 Å². The van der Waals surface area contributed by atoms with E-state index >= 15 is 0 Å². The van der Waals surface area contributed by atoms with Crippen molar-refractivity contribution in [1.29, 1.82) is 0 Å². The molecule has 1 rings (SSSR count). The molecule has 1 saturated heterocycles. The predicted molar refractivity (Wildman–Crippen MR) is 57.8 cm³/mol. The van der Waals surface area contributed by atoms with Crippen LogP contribution in [0.25, 0.3) is 0 Å². The fourth-order valence-electron chi connectivity index (χ4n) is 1.66. The van der Waals surface area contributed by atoms with Crippen LogP contribution in [0.2, 0.25) is 0 Å². The van der Waals surface area contributed by atoms with Crippen molar-refractivity contribution in [2.75, 3.05) is 11.0 Å². The van der Waals surface area contributed by atoms with Crippen molar-refractivity contribution in [3.63, 3.8) is 0 Å². The van der Waals surface area contributed by atoms with Crippen LogP contribution in [0.3, 0.4) is 0 Å². The van der Waals surface area contributed by atoms with Gasteiger partial charge in [0.2, 0.25) is 0 Å². The summed E-state index contributed by atoms with van der Waals surface area (Å²) in [6.07, 6.45) is 0.957. The zero-order valence-electron chi connectivity index (χ0n) is 7.92. The Labute approximate surface area is 88.1 Å². The molecule has 0 bridgehead atoms. The van der Waals surface area contributed by atoms with Gasteiger partial charge in [-0.2, -0.15) is 0 Å². The molecular formula is C9H17IO2. The average molecular weight is 284 g/mol. The predicted octanol–water partition coefficient (Wildman–Crippen LogP) is 2.25. The number of hydrogen-bond donors (Lipinski definition) is 0. The van der Waals surface area contributed by atoms with E-state index in [0.717, 1.165) is 11.0 Å². The molecule has 0 saturated carbocycles. The highest BCUT2D eigenvalue weighted by molar-refractivity contribution is 14.1.